The number of ether oxygens (including phenoxy) is 1. The van der Waals surface area contributed by atoms with Gasteiger partial charge in [-0.25, -0.2) is 0 Å². The van der Waals surface area contributed by atoms with Gasteiger partial charge in [-0.2, -0.15) is 0 Å². The van der Waals surface area contributed by atoms with Crippen LogP contribution < -0.4 is 0 Å². The largest absolute Gasteiger partial charge is 0.373 e. The summed E-state index contributed by atoms with van der Waals surface area (Å²) in [6.07, 6.45) is 3.18. The zero-order valence-corrected chi connectivity index (χ0v) is 7.26. The van der Waals surface area contributed by atoms with Crippen molar-refractivity contribution < 1.29 is 9.22 Å². The van der Waals surface area contributed by atoms with Gasteiger partial charge in [0.2, 0.25) is 0 Å². The molecule has 0 aromatic heterocycles. The molecule has 0 aliphatic carbocycles. The maximum atomic E-state index is 5.12. The lowest BCUT2D eigenvalue weighted by Crippen LogP contribution is -2.35. The fourth-order valence-electron chi connectivity index (χ4n) is 1.03. The van der Waals surface area contributed by atoms with Gasteiger partial charge in [0.1, 0.15) is 0 Å². The number of hydrogen-bond donors (Lipinski definition) is 0. The first-order chi connectivity index (χ1) is 4.58. The minimum absolute atomic E-state index is 0.617. The van der Waals surface area contributed by atoms with Gasteiger partial charge in [0.25, 0.3) is 0 Å². The first-order valence-electron chi connectivity index (χ1n) is 4.00. The lowest BCUT2D eigenvalue weighted by atomic mass is 10.2. The second-order valence-electron chi connectivity index (χ2n) is 4.11. The fourth-order valence-corrected chi connectivity index (χ4v) is 1.03. The van der Waals surface area contributed by atoms with E-state index >= 15 is 0 Å². The minimum Gasteiger partial charge on any atom is -0.373 e. The third-order valence-corrected chi connectivity index (χ3v) is 1.76. The summed E-state index contributed by atoms with van der Waals surface area (Å²) in [7, 11) is 6.69. The van der Waals surface area contributed by atoms with Gasteiger partial charge in [-0.05, 0) is 12.8 Å². The Morgan fingerprint density at radius 2 is 2.00 bits per heavy atom. The molecule has 0 bridgehead atoms. The molecule has 2 nitrogen and oxygen atoms in total. The number of rotatable bonds is 4. The number of nitrogens with zero attached hydrogens (tertiary/aromatic N) is 1. The summed E-state index contributed by atoms with van der Waals surface area (Å²) in [6.45, 7) is 2.27. The molecule has 0 N–H and O–H groups in total. The summed E-state index contributed by atoms with van der Waals surface area (Å²) >= 11 is 0. The van der Waals surface area contributed by atoms with Crippen molar-refractivity contribution in [1.29, 1.82) is 0 Å². The standard InChI is InChI=1S/C8H18NO/c1-9(2,3)6-4-5-8-7-10-8/h8H,4-7H2,1-3H3/q+1. The second kappa shape index (κ2) is 2.89. The summed E-state index contributed by atoms with van der Waals surface area (Å²) in [6, 6.07) is 0. The lowest BCUT2D eigenvalue weighted by molar-refractivity contribution is -0.870. The number of epoxide rings is 1. The lowest BCUT2D eigenvalue weighted by Gasteiger charge is -2.23. The normalized spacial score (nSPS) is 24.9. The maximum Gasteiger partial charge on any atom is 0.0812 e. The predicted molar refractivity (Wildman–Crippen MR) is 41.9 cm³/mol. The monoisotopic (exact) mass is 144 g/mol. The first-order valence-corrected chi connectivity index (χ1v) is 4.00. The fraction of sp³-hybridized carbons (Fsp3) is 1.00. The Morgan fingerprint density at radius 1 is 1.40 bits per heavy atom. The van der Waals surface area contributed by atoms with Crippen LogP contribution in [-0.4, -0.2) is 44.9 Å². The molecule has 1 atom stereocenters. The molecular weight excluding hydrogens is 126 g/mol. The molecule has 1 aliphatic rings. The third kappa shape index (κ3) is 3.85. The highest BCUT2D eigenvalue weighted by Gasteiger charge is 2.22. The van der Waals surface area contributed by atoms with Crippen LogP contribution in [0.3, 0.4) is 0 Å². The Hall–Kier alpha value is -0.0800. The average Bonchev–Trinajstić information content (AvgIpc) is 2.45. The Balaban J connectivity index is 1.93. The van der Waals surface area contributed by atoms with Crippen LogP contribution in [0.2, 0.25) is 0 Å². The Kier molecular flexibility index (Phi) is 2.32. The van der Waals surface area contributed by atoms with Gasteiger partial charge in [0.05, 0.1) is 40.4 Å². The van der Waals surface area contributed by atoms with E-state index in [0.29, 0.717) is 6.10 Å². The van der Waals surface area contributed by atoms with Crippen molar-refractivity contribution in [3.63, 3.8) is 0 Å². The molecule has 0 aromatic carbocycles. The number of quaternary nitrogens is 1. The average molecular weight is 144 g/mol. The van der Waals surface area contributed by atoms with Gasteiger partial charge < -0.3 is 9.22 Å². The topological polar surface area (TPSA) is 12.5 Å². The van der Waals surface area contributed by atoms with Crippen LogP contribution in [0, 0.1) is 0 Å². The molecule has 1 saturated heterocycles. The second-order valence-corrected chi connectivity index (χ2v) is 4.11. The van der Waals surface area contributed by atoms with Crippen LogP contribution in [0.1, 0.15) is 12.8 Å². The van der Waals surface area contributed by atoms with Crippen LogP contribution in [0.25, 0.3) is 0 Å². The van der Waals surface area contributed by atoms with Gasteiger partial charge in [-0.3, -0.25) is 0 Å². The zero-order chi connectivity index (χ0) is 7.61. The quantitative estimate of drug-likeness (QED) is 0.421. The minimum atomic E-state index is 0.617. The summed E-state index contributed by atoms with van der Waals surface area (Å²) in [5.74, 6) is 0. The smallest absolute Gasteiger partial charge is 0.0812 e. The third-order valence-electron chi connectivity index (χ3n) is 1.76. The molecule has 1 rings (SSSR count). The van der Waals surface area contributed by atoms with Crippen LogP contribution in [-0.2, 0) is 4.74 Å². The molecule has 0 amide bonds. The summed E-state index contributed by atoms with van der Waals surface area (Å²) < 4.78 is 6.19. The van der Waals surface area contributed by atoms with Crippen LogP contribution in [0.5, 0.6) is 0 Å². The highest BCUT2D eigenvalue weighted by Crippen LogP contribution is 2.15. The molecule has 60 valence electrons. The highest BCUT2D eigenvalue weighted by atomic mass is 16.6. The first kappa shape index (κ1) is 8.02. The van der Waals surface area contributed by atoms with Crippen molar-refractivity contribution in [2.24, 2.45) is 0 Å². The van der Waals surface area contributed by atoms with Crippen molar-refractivity contribution in [3.8, 4) is 0 Å². The van der Waals surface area contributed by atoms with Crippen LogP contribution in [0.15, 0.2) is 0 Å². The number of hydrogen-bond acceptors (Lipinski definition) is 1. The molecule has 0 spiro atoms. The van der Waals surface area contributed by atoms with E-state index in [2.05, 4.69) is 21.1 Å². The molecule has 1 heterocycles. The zero-order valence-electron chi connectivity index (χ0n) is 7.26. The SMILES string of the molecule is C[N+](C)(C)CCCC1CO1. The van der Waals surface area contributed by atoms with Crippen molar-refractivity contribution in [2.45, 2.75) is 18.9 Å². The van der Waals surface area contributed by atoms with Crippen molar-refractivity contribution in [1.82, 2.24) is 0 Å². The van der Waals surface area contributed by atoms with E-state index in [0.717, 1.165) is 11.1 Å². The Morgan fingerprint density at radius 3 is 2.40 bits per heavy atom. The van der Waals surface area contributed by atoms with E-state index in [1.165, 1.54) is 19.4 Å². The molecule has 0 aromatic rings. The molecule has 1 unspecified atom stereocenters. The van der Waals surface area contributed by atoms with E-state index in [1.54, 1.807) is 0 Å². The van der Waals surface area contributed by atoms with Gasteiger partial charge in [-0.15, -0.1) is 0 Å². The predicted octanol–water partition coefficient (Wildman–Crippen LogP) is 0.872. The van der Waals surface area contributed by atoms with E-state index in [9.17, 15) is 0 Å². The molecule has 0 radical (unpaired) electrons. The van der Waals surface area contributed by atoms with Gasteiger partial charge >= 0.3 is 0 Å². The molecule has 1 aliphatic heterocycles. The molecule has 2 heteroatoms. The van der Waals surface area contributed by atoms with E-state index in [4.69, 9.17) is 4.74 Å². The van der Waals surface area contributed by atoms with Crippen molar-refractivity contribution in [3.05, 3.63) is 0 Å². The van der Waals surface area contributed by atoms with Gasteiger partial charge in [0, 0.05) is 0 Å². The Bertz CT molecular complexity index is 102. The summed E-state index contributed by atoms with van der Waals surface area (Å²) in [5, 5.41) is 0. The molecule has 1 fully saturated rings. The van der Waals surface area contributed by atoms with E-state index < -0.39 is 0 Å². The van der Waals surface area contributed by atoms with Gasteiger partial charge in [-0.1, -0.05) is 0 Å². The molecule has 0 saturated carbocycles. The Labute approximate surface area is 63.4 Å². The summed E-state index contributed by atoms with van der Waals surface area (Å²) in [4.78, 5) is 0. The van der Waals surface area contributed by atoms with E-state index in [1.807, 2.05) is 0 Å². The van der Waals surface area contributed by atoms with Crippen molar-refractivity contribution in [2.75, 3.05) is 34.3 Å². The summed E-state index contributed by atoms with van der Waals surface area (Å²) in [5.41, 5.74) is 0. The molecule has 10 heavy (non-hydrogen) atoms. The molecular formula is C8H18NO+. The highest BCUT2D eigenvalue weighted by molar-refractivity contribution is 4.67. The maximum absolute atomic E-state index is 5.12. The van der Waals surface area contributed by atoms with E-state index in [-0.39, 0.29) is 0 Å². The van der Waals surface area contributed by atoms with Crippen LogP contribution >= 0.6 is 0 Å². The van der Waals surface area contributed by atoms with Crippen LogP contribution in [0.4, 0.5) is 0 Å². The van der Waals surface area contributed by atoms with Crippen molar-refractivity contribution >= 4 is 0 Å². The van der Waals surface area contributed by atoms with Gasteiger partial charge in [0.15, 0.2) is 0 Å².